The van der Waals surface area contributed by atoms with E-state index in [1.807, 2.05) is 24.3 Å². The molecule has 0 aliphatic carbocycles. The summed E-state index contributed by atoms with van der Waals surface area (Å²) in [5, 5.41) is 3.38. The van der Waals surface area contributed by atoms with Crippen LogP contribution in [0.4, 0.5) is 0 Å². The molecule has 0 aliphatic heterocycles. The van der Waals surface area contributed by atoms with Crippen LogP contribution in [0.15, 0.2) is 53.3 Å². The van der Waals surface area contributed by atoms with Crippen LogP contribution in [0.25, 0.3) is 21.0 Å². The van der Waals surface area contributed by atoms with E-state index in [0.717, 1.165) is 10.2 Å². The second-order valence-corrected chi connectivity index (χ2v) is 6.41. The van der Waals surface area contributed by atoms with E-state index in [9.17, 15) is 4.79 Å². The van der Waals surface area contributed by atoms with Crippen LogP contribution in [0.2, 0.25) is 0 Å². The van der Waals surface area contributed by atoms with Crippen LogP contribution in [0.1, 0.15) is 0 Å². The molecule has 4 rings (SSSR count). The Morgan fingerprint density at radius 2 is 1.92 bits per heavy atom. The molecule has 0 spiro atoms. The van der Waals surface area contributed by atoms with Gasteiger partial charge in [-0.2, -0.15) is 4.68 Å². The maximum absolute atomic E-state index is 12.4. The number of aromatic amines is 1. The van der Waals surface area contributed by atoms with Gasteiger partial charge in [0.15, 0.2) is 0 Å². The summed E-state index contributed by atoms with van der Waals surface area (Å²) in [6.07, 6.45) is 0. The molecule has 0 fully saturated rings. The molecule has 0 unspecified atom stereocenters. The minimum atomic E-state index is -0.315. The number of H-pyrrole nitrogens is 1. The number of thiazole rings is 1. The summed E-state index contributed by atoms with van der Waals surface area (Å²) >= 11 is 6.94. The number of aromatic nitrogens is 4. The Morgan fingerprint density at radius 3 is 2.62 bits per heavy atom. The summed E-state index contributed by atoms with van der Waals surface area (Å²) in [5.41, 5.74) is 1.23. The Bertz CT molecular complexity index is 1100. The summed E-state index contributed by atoms with van der Waals surface area (Å²) < 4.78 is 9.48. The molecule has 0 saturated carbocycles. The summed E-state index contributed by atoms with van der Waals surface area (Å²) in [6.45, 7) is 0. The number of rotatable bonds is 3. The quantitative estimate of drug-likeness (QED) is 0.572. The molecule has 2 aromatic carbocycles. The lowest BCUT2D eigenvalue weighted by atomic mass is 10.3. The molecule has 2 aromatic heterocycles. The van der Waals surface area contributed by atoms with Gasteiger partial charge in [-0.3, -0.25) is 0 Å². The molecule has 0 bridgehead atoms. The number of nitrogens with one attached hydrogen (secondary N) is 1. The van der Waals surface area contributed by atoms with E-state index in [1.165, 1.54) is 20.6 Å². The Kier molecular flexibility index (Phi) is 3.55. The van der Waals surface area contributed by atoms with E-state index < -0.39 is 0 Å². The van der Waals surface area contributed by atoms with Crippen LogP contribution in [-0.4, -0.2) is 26.4 Å². The highest BCUT2D eigenvalue weighted by atomic mass is 32.1. The first kappa shape index (κ1) is 14.9. The zero-order chi connectivity index (χ0) is 16.7. The number of para-hydroxylation sites is 1. The van der Waals surface area contributed by atoms with Crippen LogP contribution >= 0.6 is 23.6 Å². The number of nitrogens with zero attached hydrogens (tertiary/aromatic N) is 3. The van der Waals surface area contributed by atoms with E-state index in [-0.39, 0.29) is 5.69 Å². The van der Waals surface area contributed by atoms with Gasteiger partial charge < -0.3 is 4.74 Å². The molecule has 0 atom stereocenters. The lowest BCUT2D eigenvalue weighted by molar-refractivity contribution is 0.414. The van der Waals surface area contributed by atoms with Gasteiger partial charge in [0.05, 0.1) is 23.0 Å². The van der Waals surface area contributed by atoms with E-state index in [1.54, 1.807) is 31.4 Å². The standard InChI is InChI=1S/C16H12N4O2S2/c1-22-11-8-6-10(7-9-11)19-14(21)18-20(16(19)23)15-17-12-4-2-3-5-13(12)24-15/h2-9H,1H3,(H,18,21). The van der Waals surface area contributed by atoms with Crippen molar-refractivity contribution in [3.8, 4) is 16.6 Å². The Labute approximate surface area is 145 Å². The van der Waals surface area contributed by atoms with Gasteiger partial charge in [0.1, 0.15) is 5.75 Å². The average Bonchev–Trinajstić information content (AvgIpc) is 3.15. The van der Waals surface area contributed by atoms with Gasteiger partial charge in [0.25, 0.3) is 0 Å². The molecule has 0 amide bonds. The van der Waals surface area contributed by atoms with Crippen LogP contribution in [0.5, 0.6) is 5.75 Å². The molecule has 4 aromatic rings. The molecular weight excluding hydrogens is 344 g/mol. The number of benzene rings is 2. The maximum Gasteiger partial charge on any atom is 0.347 e. The zero-order valence-corrected chi connectivity index (χ0v) is 14.2. The van der Waals surface area contributed by atoms with Crippen LogP contribution in [0.3, 0.4) is 0 Å². The van der Waals surface area contributed by atoms with Crippen molar-refractivity contribution in [3.63, 3.8) is 0 Å². The van der Waals surface area contributed by atoms with Crippen molar-refractivity contribution in [1.29, 1.82) is 0 Å². The van der Waals surface area contributed by atoms with Gasteiger partial charge in [-0.15, -0.1) is 0 Å². The van der Waals surface area contributed by atoms with E-state index in [2.05, 4.69) is 10.1 Å². The monoisotopic (exact) mass is 356 g/mol. The Hall–Kier alpha value is -2.71. The SMILES string of the molecule is COc1ccc(-n2c(=O)[nH]n(-c3nc4ccccc4s3)c2=S)cc1. The van der Waals surface area contributed by atoms with Crippen molar-refractivity contribution in [2.24, 2.45) is 0 Å². The van der Waals surface area contributed by atoms with Gasteiger partial charge in [-0.05, 0) is 48.6 Å². The Morgan fingerprint density at radius 1 is 1.17 bits per heavy atom. The minimum absolute atomic E-state index is 0.315. The van der Waals surface area contributed by atoms with Gasteiger partial charge >= 0.3 is 5.69 Å². The van der Waals surface area contributed by atoms with Crippen molar-refractivity contribution in [3.05, 3.63) is 63.8 Å². The fraction of sp³-hybridized carbons (Fsp3) is 0.0625. The molecule has 1 N–H and O–H groups in total. The van der Waals surface area contributed by atoms with Crippen molar-refractivity contribution in [2.45, 2.75) is 0 Å². The lowest BCUT2D eigenvalue weighted by Gasteiger charge is -2.03. The van der Waals surface area contributed by atoms with Crippen molar-refractivity contribution >= 4 is 33.8 Å². The summed E-state index contributed by atoms with van der Waals surface area (Å²) in [7, 11) is 1.59. The third-order valence-electron chi connectivity index (χ3n) is 3.60. The largest absolute Gasteiger partial charge is 0.497 e. The number of methoxy groups -OCH3 is 1. The number of ether oxygens (including phenoxy) is 1. The minimum Gasteiger partial charge on any atom is -0.497 e. The van der Waals surface area contributed by atoms with Crippen molar-refractivity contribution in [1.82, 2.24) is 19.3 Å². The lowest BCUT2D eigenvalue weighted by Crippen LogP contribution is -2.14. The van der Waals surface area contributed by atoms with Crippen LogP contribution in [0, 0.1) is 4.77 Å². The third kappa shape index (κ3) is 2.36. The average molecular weight is 356 g/mol. The van der Waals surface area contributed by atoms with E-state index in [4.69, 9.17) is 17.0 Å². The van der Waals surface area contributed by atoms with E-state index >= 15 is 0 Å². The topological polar surface area (TPSA) is 64.8 Å². The summed E-state index contributed by atoms with van der Waals surface area (Å²) in [6, 6.07) is 14.9. The second kappa shape index (κ2) is 5.73. The van der Waals surface area contributed by atoms with Crippen molar-refractivity contribution in [2.75, 3.05) is 7.11 Å². The highest BCUT2D eigenvalue weighted by Gasteiger charge is 2.13. The van der Waals surface area contributed by atoms with Crippen LogP contribution < -0.4 is 10.4 Å². The maximum atomic E-state index is 12.4. The normalized spacial score (nSPS) is 11.0. The molecule has 8 heteroatoms. The van der Waals surface area contributed by atoms with E-state index in [0.29, 0.717) is 21.3 Å². The summed E-state index contributed by atoms with van der Waals surface area (Å²) in [4.78, 5) is 16.9. The molecule has 2 heterocycles. The molecule has 0 saturated heterocycles. The first-order valence-electron chi connectivity index (χ1n) is 7.12. The highest BCUT2D eigenvalue weighted by molar-refractivity contribution is 7.71. The smallest absolute Gasteiger partial charge is 0.347 e. The fourth-order valence-electron chi connectivity index (χ4n) is 2.42. The Balaban J connectivity index is 1.86. The molecule has 120 valence electrons. The predicted molar refractivity (Wildman–Crippen MR) is 96.3 cm³/mol. The second-order valence-electron chi connectivity index (χ2n) is 5.03. The fourth-order valence-corrected chi connectivity index (χ4v) is 3.73. The number of hydrogen-bond acceptors (Lipinski definition) is 5. The van der Waals surface area contributed by atoms with Crippen molar-refractivity contribution < 1.29 is 4.74 Å². The van der Waals surface area contributed by atoms with Crippen LogP contribution in [-0.2, 0) is 0 Å². The molecule has 24 heavy (non-hydrogen) atoms. The summed E-state index contributed by atoms with van der Waals surface area (Å²) in [5.74, 6) is 0.715. The first-order chi connectivity index (χ1) is 11.7. The van der Waals surface area contributed by atoms with Gasteiger partial charge in [0.2, 0.25) is 9.90 Å². The molecule has 6 nitrogen and oxygen atoms in total. The molecular formula is C16H12N4O2S2. The number of fused-ring (bicyclic) bond motifs is 1. The highest BCUT2D eigenvalue weighted by Crippen LogP contribution is 2.24. The van der Waals surface area contributed by atoms with Gasteiger partial charge in [-0.1, -0.05) is 23.5 Å². The predicted octanol–water partition coefficient (Wildman–Crippen LogP) is 3.30. The first-order valence-corrected chi connectivity index (χ1v) is 8.34. The van der Waals surface area contributed by atoms with Gasteiger partial charge in [-0.25, -0.2) is 19.4 Å². The zero-order valence-electron chi connectivity index (χ0n) is 12.6. The third-order valence-corrected chi connectivity index (χ3v) is 4.98. The molecule has 0 radical (unpaired) electrons. The number of hydrogen-bond donors (Lipinski definition) is 1. The van der Waals surface area contributed by atoms with Gasteiger partial charge in [0, 0.05) is 0 Å². The molecule has 0 aliphatic rings.